The fourth-order valence-corrected chi connectivity index (χ4v) is 3.70. The molecule has 2 heterocycles. The van der Waals surface area contributed by atoms with Crippen molar-refractivity contribution < 1.29 is 0 Å². The van der Waals surface area contributed by atoms with Crippen LogP contribution in [0, 0.1) is 5.41 Å². The van der Waals surface area contributed by atoms with Gasteiger partial charge in [0.15, 0.2) is 0 Å². The van der Waals surface area contributed by atoms with Gasteiger partial charge in [0.2, 0.25) is 0 Å². The maximum atomic E-state index is 7.21. The Morgan fingerprint density at radius 3 is 2.43 bits per heavy atom. The topological polar surface area (TPSA) is 126 Å². The van der Waals surface area contributed by atoms with E-state index in [1.165, 1.54) is 6.08 Å². The number of rotatable bonds is 7. The summed E-state index contributed by atoms with van der Waals surface area (Å²) < 4.78 is 1.78. The zero-order valence-electron chi connectivity index (χ0n) is 17.2. The second kappa shape index (κ2) is 9.80. The molecule has 1 aliphatic heterocycles. The van der Waals surface area contributed by atoms with Gasteiger partial charge < -0.3 is 27.5 Å². The van der Waals surface area contributed by atoms with Crippen molar-refractivity contribution in [3.05, 3.63) is 53.4 Å². The van der Waals surface area contributed by atoms with Crippen LogP contribution in [0.3, 0.4) is 0 Å². The molecule has 0 unspecified atom stereocenters. The molecule has 2 aromatic rings. The van der Waals surface area contributed by atoms with Crippen LogP contribution in [0.15, 0.2) is 47.8 Å². The number of allylic oxidation sites excluding steroid dienone is 1. The maximum absolute atomic E-state index is 7.21. The third-order valence-corrected chi connectivity index (χ3v) is 5.69. The summed E-state index contributed by atoms with van der Waals surface area (Å²) in [7, 11) is 2.14. The van der Waals surface area contributed by atoms with Crippen LogP contribution < -0.4 is 17.2 Å². The first-order chi connectivity index (χ1) is 14.4. The van der Waals surface area contributed by atoms with Crippen LogP contribution in [0.5, 0.6) is 0 Å². The van der Waals surface area contributed by atoms with Crippen LogP contribution in [0.1, 0.15) is 5.56 Å². The van der Waals surface area contributed by atoms with E-state index in [4.69, 9.17) is 39.3 Å². The largest absolute Gasteiger partial charge is 0.397 e. The SMILES string of the molecule is CN1CCN(CCn2nc(-c3ccccc3)c(/C(Cl)=C(N)/C(N)=C/C=N)c2N)CC1. The van der Waals surface area contributed by atoms with Gasteiger partial charge in [-0.05, 0) is 13.1 Å². The van der Waals surface area contributed by atoms with Crippen LogP contribution in [0.2, 0.25) is 0 Å². The Labute approximate surface area is 182 Å². The normalized spacial score (nSPS) is 17.1. The monoisotopic (exact) mass is 428 g/mol. The van der Waals surface area contributed by atoms with Gasteiger partial charge in [0.25, 0.3) is 0 Å². The second-order valence-corrected chi connectivity index (χ2v) is 7.74. The first-order valence-electron chi connectivity index (χ1n) is 9.87. The summed E-state index contributed by atoms with van der Waals surface area (Å²) in [6.45, 7) is 5.65. The van der Waals surface area contributed by atoms with Crippen molar-refractivity contribution in [1.82, 2.24) is 19.6 Å². The number of nitrogens with two attached hydrogens (primary N) is 3. The van der Waals surface area contributed by atoms with Crippen LogP contribution in [0.4, 0.5) is 5.82 Å². The van der Waals surface area contributed by atoms with Crippen molar-refractivity contribution in [2.75, 3.05) is 45.5 Å². The molecule has 8 nitrogen and oxygen atoms in total. The molecule has 3 rings (SSSR count). The Morgan fingerprint density at radius 2 is 1.80 bits per heavy atom. The van der Waals surface area contributed by atoms with Gasteiger partial charge >= 0.3 is 0 Å². The van der Waals surface area contributed by atoms with Crippen molar-refractivity contribution in [3.63, 3.8) is 0 Å². The lowest BCUT2D eigenvalue weighted by Gasteiger charge is -2.32. The molecule has 160 valence electrons. The molecule has 9 heteroatoms. The van der Waals surface area contributed by atoms with Crippen LogP contribution in [0.25, 0.3) is 16.3 Å². The average molecular weight is 429 g/mol. The van der Waals surface area contributed by atoms with Crippen LogP contribution in [-0.4, -0.2) is 65.6 Å². The Hall–Kier alpha value is -2.81. The highest BCUT2D eigenvalue weighted by molar-refractivity contribution is 6.50. The molecular formula is C21H29ClN8. The molecule has 0 bridgehead atoms. The first-order valence-corrected chi connectivity index (χ1v) is 10.2. The lowest BCUT2D eigenvalue weighted by atomic mass is 10.1. The molecule has 7 N–H and O–H groups in total. The van der Waals surface area contributed by atoms with E-state index in [0.29, 0.717) is 23.6 Å². The Kier molecular flexibility index (Phi) is 7.15. The summed E-state index contributed by atoms with van der Waals surface area (Å²) in [6.07, 6.45) is 2.45. The Balaban J connectivity index is 1.97. The van der Waals surface area contributed by atoms with Gasteiger partial charge in [-0.3, -0.25) is 4.90 Å². The summed E-state index contributed by atoms with van der Waals surface area (Å²) in [5.74, 6) is 0.443. The number of nitrogens with one attached hydrogen (secondary N) is 1. The number of nitrogen functional groups attached to an aromatic ring is 1. The van der Waals surface area contributed by atoms with E-state index >= 15 is 0 Å². The van der Waals surface area contributed by atoms with E-state index < -0.39 is 0 Å². The second-order valence-electron chi connectivity index (χ2n) is 7.36. The molecule has 0 saturated carbocycles. The molecule has 0 radical (unpaired) electrons. The zero-order valence-corrected chi connectivity index (χ0v) is 17.9. The van der Waals surface area contributed by atoms with E-state index in [0.717, 1.165) is 44.5 Å². The van der Waals surface area contributed by atoms with Crippen molar-refractivity contribution >= 4 is 28.7 Å². The predicted octanol–water partition coefficient (Wildman–Crippen LogP) is 1.74. The molecule has 0 aliphatic carbocycles. The van der Waals surface area contributed by atoms with E-state index in [9.17, 15) is 0 Å². The quantitative estimate of drug-likeness (QED) is 0.393. The van der Waals surface area contributed by atoms with Crippen LogP contribution in [-0.2, 0) is 6.54 Å². The maximum Gasteiger partial charge on any atom is 0.131 e. The van der Waals surface area contributed by atoms with Gasteiger partial charge in [0.05, 0.1) is 28.5 Å². The third-order valence-electron chi connectivity index (χ3n) is 5.29. The van der Waals surface area contributed by atoms with E-state index in [2.05, 4.69) is 16.8 Å². The minimum Gasteiger partial charge on any atom is -0.397 e. The number of piperazine rings is 1. The van der Waals surface area contributed by atoms with Crippen molar-refractivity contribution in [3.8, 4) is 11.3 Å². The summed E-state index contributed by atoms with van der Waals surface area (Å²) in [6, 6.07) is 9.71. The zero-order chi connectivity index (χ0) is 21.7. The molecule has 0 spiro atoms. The molecule has 1 fully saturated rings. The van der Waals surface area contributed by atoms with E-state index in [1.54, 1.807) is 4.68 Å². The Morgan fingerprint density at radius 1 is 1.13 bits per heavy atom. The first kappa shape index (κ1) is 21.9. The lowest BCUT2D eigenvalue weighted by Crippen LogP contribution is -2.45. The number of likely N-dealkylation sites (N-methyl/N-ethyl adjacent to an activating group) is 1. The summed E-state index contributed by atoms with van der Waals surface area (Å²) in [4.78, 5) is 4.73. The highest BCUT2D eigenvalue weighted by Gasteiger charge is 2.23. The molecule has 30 heavy (non-hydrogen) atoms. The number of halogens is 1. The molecule has 0 atom stereocenters. The van der Waals surface area contributed by atoms with Crippen molar-refractivity contribution in [1.29, 1.82) is 5.41 Å². The van der Waals surface area contributed by atoms with Gasteiger partial charge in [-0.1, -0.05) is 41.9 Å². The minimum absolute atomic E-state index is 0.169. The highest BCUT2D eigenvalue weighted by atomic mass is 35.5. The fraction of sp³-hybridized carbons (Fsp3) is 0.333. The smallest absolute Gasteiger partial charge is 0.131 e. The van der Waals surface area contributed by atoms with Gasteiger partial charge in [0.1, 0.15) is 11.5 Å². The van der Waals surface area contributed by atoms with E-state index in [1.807, 2.05) is 30.3 Å². The van der Waals surface area contributed by atoms with Crippen molar-refractivity contribution in [2.45, 2.75) is 6.54 Å². The van der Waals surface area contributed by atoms with Gasteiger partial charge in [0, 0.05) is 44.5 Å². The Bertz CT molecular complexity index is 939. The van der Waals surface area contributed by atoms with Gasteiger partial charge in [-0.25, -0.2) is 4.68 Å². The standard InChI is InChI=1S/C21H29ClN8/c1-28-9-11-29(12-10-28)13-14-30-21(26)17(18(22)19(25)16(24)7-8-23)20(27-30)15-5-3-2-4-6-15/h2-8,23H,9-14,24-26H2,1H3/b16-7-,19-18+,23-8?. The molecule has 1 aromatic carbocycles. The van der Waals surface area contributed by atoms with E-state index in [-0.39, 0.29) is 16.4 Å². The number of benzene rings is 1. The number of hydrogen-bond acceptors (Lipinski definition) is 7. The predicted molar refractivity (Wildman–Crippen MR) is 124 cm³/mol. The number of aromatic nitrogens is 2. The molecule has 1 aromatic heterocycles. The number of nitrogens with zero attached hydrogens (tertiary/aromatic N) is 4. The molecular weight excluding hydrogens is 400 g/mol. The summed E-state index contributed by atoms with van der Waals surface area (Å²) in [5, 5.41) is 12.2. The third kappa shape index (κ3) is 4.84. The summed E-state index contributed by atoms with van der Waals surface area (Å²) in [5.41, 5.74) is 21.1. The minimum atomic E-state index is 0.169. The van der Waals surface area contributed by atoms with Gasteiger partial charge in [-0.15, -0.1) is 0 Å². The number of hydrogen-bond donors (Lipinski definition) is 4. The van der Waals surface area contributed by atoms with Gasteiger partial charge in [-0.2, -0.15) is 5.10 Å². The average Bonchev–Trinajstić information content (AvgIpc) is 3.09. The van der Waals surface area contributed by atoms with Crippen LogP contribution >= 0.6 is 11.6 Å². The summed E-state index contributed by atoms with van der Waals surface area (Å²) >= 11 is 6.64. The fourth-order valence-electron chi connectivity index (χ4n) is 3.41. The highest BCUT2D eigenvalue weighted by Crippen LogP contribution is 2.36. The molecule has 0 amide bonds. The molecule has 1 aliphatic rings. The van der Waals surface area contributed by atoms with Crippen molar-refractivity contribution in [2.24, 2.45) is 11.5 Å². The number of anilines is 1. The lowest BCUT2D eigenvalue weighted by molar-refractivity contribution is 0.149. The molecule has 1 saturated heterocycles.